The zero-order chi connectivity index (χ0) is 14.7. The number of fused-ring (bicyclic) bond motifs is 1. The Morgan fingerprint density at radius 2 is 2.24 bits per heavy atom. The van der Waals surface area contributed by atoms with Crippen molar-refractivity contribution in [3.63, 3.8) is 0 Å². The van der Waals surface area contributed by atoms with Crippen LogP contribution in [0.1, 0.15) is 48.1 Å². The molecule has 1 unspecified atom stereocenters. The Hall–Kier alpha value is -1.74. The Kier molecular flexibility index (Phi) is 4.30. The lowest BCUT2D eigenvalue weighted by Crippen LogP contribution is -2.16. The van der Waals surface area contributed by atoms with Crippen molar-refractivity contribution in [2.75, 3.05) is 6.54 Å². The number of halogens is 1. The van der Waals surface area contributed by atoms with Crippen LogP contribution in [0, 0.1) is 5.82 Å². The monoisotopic (exact) mass is 284 g/mol. The van der Waals surface area contributed by atoms with Crippen LogP contribution in [0.5, 0.6) is 0 Å². The van der Waals surface area contributed by atoms with E-state index in [1.54, 1.807) is 6.07 Å². The van der Waals surface area contributed by atoms with Gasteiger partial charge in [-0.2, -0.15) is 0 Å². The van der Waals surface area contributed by atoms with E-state index in [9.17, 15) is 4.39 Å². The van der Waals surface area contributed by atoms with Crippen molar-refractivity contribution < 1.29 is 4.39 Å². The molecule has 0 radical (unpaired) electrons. The van der Waals surface area contributed by atoms with Crippen molar-refractivity contribution in [3.05, 3.63) is 64.7 Å². The number of pyridine rings is 1. The Balaban J connectivity index is 1.97. The highest BCUT2D eigenvalue weighted by atomic mass is 19.1. The molecule has 0 fully saturated rings. The minimum absolute atomic E-state index is 0.0940. The van der Waals surface area contributed by atoms with E-state index in [4.69, 9.17) is 0 Å². The number of nitrogens with zero attached hydrogens (tertiary/aromatic N) is 1. The predicted octanol–water partition coefficient (Wildman–Crippen LogP) is 3.80. The molecule has 1 aliphatic carbocycles. The van der Waals surface area contributed by atoms with Crippen LogP contribution >= 0.6 is 0 Å². The first-order chi connectivity index (χ1) is 10.3. The fourth-order valence-corrected chi connectivity index (χ4v) is 3.15. The topological polar surface area (TPSA) is 24.9 Å². The quantitative estimate of drug-likeness (QED) is 0.923. The number of hydrogen-bond donors (Lipinski definition) is 1. The van der Waals surface area contributed by atoms with Crippen LogP contribution in [-0.2, 0) is 13.0 Å². The predicted molar refractivity (Wildman–Crippen MR) is 82.8 cm³/mol. The summed E-state index contributed by atoms with van der Waals surface area (Å²) in [6.45, 7) is 3.78. The third-order valence-electron chi connectivity index (χ3n) is 4.21. The van der Waals surface area contributed by atoms with Crippen LogP contribution in [0.3, 0.4) is 0 Å². The number of aryl methyl sites for hydroxylation is 1. The fourth-order valence-electron chi connectivity index (χ4n) is 3.15. The molecule has 3 rings (SSSR count). The van der Waals surface area contributed by atoms with Gasteiger partial charge in [0.15, 0.2) is 0 Å². The summed E-state index contributed by atoms with van der Waals surface area (Å²) < 4.78 is 14.3. The van der Waals surface area contributed by atoms with Crippen molar-refractivity contribution in [1.29, 1.82) is 0 Å². The van der Waals surface area contributed by atoms with Crippen molar-refractivity contribution in [1.82, 2.24) is 10.3 Å². The van der Waals surface area contributed by atoms with Gasteiger partial charge in [-0.3, -0.25) is 4.98 Å². The van der Waals surface area contributed by atoms with Crippen molar-refractivity contribution in [2.24, 2.45) is 0 Å². The number of hydrogen-bond acceptors (Lipinski definition) is 2. The van der Waals surface area contributed by atoms with Gasteiger partial charge in [-0.05, 0) is 54.6 Å². The Morgan fingerprint density at radius 1 is 1.33 bits per heavy atom. The number of rotatable bonds is 4. The maximum absolute atomic E-state index is 14.3. The minimum Gasteiger partial charge on any atom is -0.313 e. The smallest absolute Gasteiger partial charge is 0.127 e. The Morgan fingerprint density at radius 3 is 3.10 bits per heavy atom. The average Bonchev–Trinajstić information content (AvgIpc) is 2.54. The van der Waals surface area contributed by atoms with E-state index < -0.39 is 0 Å². The average molecular weight is 284 g/mol. The first-order valence-corrected chi connectivity index (χ1v) is 7.72. The van der Waals surface area contributed by atoms with Crippen LogP contribution in [0.4, 0.5) is 4.39 Å². The molecule has 0 amide bonds. The molecule has 0 bridgehead atoms. The summed E-state index contributed by atoms with van der Waals surface area (Å²) in [7, 11) is 0. The first kappa shape index (κ1) is 14.2. The molecule has 1 heterocycles. The zero-order valence-electron chi connectivity index (χ0n) is 12.4. The number of aromatic nitrogens is 1. The van der Waals surface area contributed by atoms with E-state index in [0.717, 1.165) is 49.2 Å². The second-order valence-corrected chi connectivity index (χ2v) is 5.63. The van der Waals surface area contributed by atoms with Gasteiger partial charge < -0.3 is 5.32 Å². The van der Waals surface area contributed by atoms with Crippen LogP contribution < -0.4 is 5.32 Å². The maximum Gasteiger partial charge on any atom is 0.127 e. The molecule has 110 valence electrons. The van der Waals surface area contributed by atoms with Gasteiger partial charge in [0.1, 0.15) is 5.82 Å². The van der Waals surface area contributed by atoms with Gasteiger partial charge in [0.05, 0.1) is 5.69 Å². The van der Waals surface area contributed by atoms with Gasteiger partial charge in [-0.1, -0.05) is 25.1 Å². The molecule has 0 saturated carbocycles. The van der Waals surface area contributed by atoms with E-state index in [-0.39, 0.29) is 11.7 Å². The summed E-state index contributed by atoms with van der Waals surface area (Å²) in [4.78, 5) is 4.53. The molecule has 2 nitrogen and oxygen atoms in total. The second-order valence-electron chi connectivity index (χ2n) is 5.63. The third-order valence-corrected chi connectivity index (χ3v) is 4.21. The van der Waals surface area contributed by atoms with Crippen LogP contribution in [0.15, 0.2) is 36.5 Å². The van der Waals surface area contributed by atoms with Crippen LogP contribution in [0.2, 0.25) is 0 Å². The molecule has 3 heteroatoms. The summed E-state index contributed by atoms with van der Waals surface area (Å²) in [6, 6.07) is 9.56. The Bertz CT molecular complexity index is 624. The van der Waals surface area contributed by atoms with E-state index in [2.05, 4.69) is 23.3 Å². The lowest BCUT2D eigenvalue weighted by molar-refractivity contribution is 0.548. The molecule has 1 aromatic heterocycles. The minimum atomic E-state index is -0.112. The molecule has 1 aliphatic rings. The molecule has 2 aromatic rings. The maximum atomic E-state index is 14.3. The van der Waals surface area contributed by atoms with Crippen LogP contribution in [-0.4, -0.2) is 11.5 Å². The standard InChI is InChI=1S/C18H21FN2/c1-2-20-12-13-8-9-17(19)16(11-13)15-7-3-5-14-6-4-10-21-18(14)15/h4,6,8-11,15,20H,2-3,5,7,12H2,1H3. The third kappa shape index (κ3) is 2.98. The highest BCUT2D eigenvalue weighted by Crippen LogP contribution is 2.36. The van der Waals surface area contributed by atoms with Gasteiger partial charge >= 0.3 is 0 Å². The second kappa shape index (κ2) is 6.35. The summed E-state index contributed by atoms with van der Waals surface area (Å²) in [5, 5.41) is 3.30. The number of nitrogens with one attached hydrogen (secondary N) is 1. The van der Waals surface area contributed by atoms with Crippen molar-refractivity contribution in [2.45, 2.75) is 38.6 Å². The SMILES string of the molecule is CCNCc1ccc(F)c(C2CCCc3cccnc32)c1. The molecule has 1 atom stereocenters. The highest BCUT2D eigenvalue weighted by molar-refractivity contribution is 5.38. The summed E-state index contributed by atoms with van der Waals surface area (Å²) in [5.41, 5.74) is 4.26. The summed E-state index contributed by atoms with van der Waals surface area (Å²) in [5.74, 6) is -0.0183. The first-order valence-electron chi connectivity index (χ1n) is 7.72. The van der Waals surface area contributed by atoms with E-state index in [1.807, 2.05) is 24.4 Å². The van der Waals surface area contributed by atoms with E-state index in [0.29, 0.717) is 0 Å². The van der Waals surface area contributed by atoms with Gasteiger partial charge in [0, 0.05) is 18.7 Å². The molecule has 0 saturated heterocycles. The molecule has 0 spiro atoms. The summed E-state index contributed by atoms with van der Waals surface area (Å²) >= 11 is 0. The summed E-state index contributed by atoms with van der Waals surface area (Å²) in [6.07, 6.45) is 4.95. The molecular formula is C18H21FN2. The van der Waals surface area contributed by atoms with Crippen molar-refractivity contribution >= 4 is 0 Å². The lowest BCUT2D eigenvalue weighted by Gasteiger charge is -2.25. The molecule has 1 aromatic carbocycles. The van der Waals surface area contributed by atoms with E-state index >= 15 is 0 Å². The molecule has 21 heavy (non-hydrogen) atoms. The van der Waals surface area contributed by atoms with Gasteiger partial charge in [0.2, 0.25) is 0 Å². The molecular weight excluding hydrogens is 263 g/mol. The lowest BCUT2D eigenvalue weighted by atomic mass is 9.81. The fraction of sp³-hybridized carbons (Fsp3) is 0.389. The van der Waals surface area contributed by atoms with Gasteiger partial charge in [0.25, 0.3) is 0 Å². The zero-order valence-corrected chi connectivity index (χ0v) is 12.4. The Labute approximate surface area is 125 Å². The van der Waals surface area contributed by atoms with Gasteiger partial charge in [-0.25, -0.2) is 4.39 Å². The molecule has 0 aliphatic heterocycles. The highest BCUT2D eigenvalue weighted by Gasteiger charge is 2.25. The molecule has 1 N–H and O–H groups in total. The normalized spacial score (nSPS) is 17.5. The van der Waals surface area contributed by atoms with E-state index in [1.165, 1.54) is 5.56 Å². The van der Waals surface area contributed by atoms with Crippen LogP contribution in [0.25, 0.3) is 0 Å². The van der Waals surface area contributed by atoms with Gasteiger partial charge in [-0.15, -0.1) is 0 Å². The number of benzene rings is 1. The van der Waals surface area contributed by atoms with Crippen molar-refractivity contribution in [3.8, 4) is 0 Å². The largest absolute Gasteiger partial charge is 0.313 e.